The number of rotatable bonds is 7. The Bertz CT molecular complexity index is 243. The quantitative estimate of drug-likeness (QED) is 0.650. The second-order valence-corrected chi connectivity index (χ2v) is 3.97. The minimum atomic E-state index is 0.435. The second kappa shape index (κ2) is 7.47. The van der Waals surface area contributed by atoms with Gasteiger partial charge in [-0.2, -0.15) is 0 Å². The van der Waals surface area contributed by atoms with Gasteiger partial charge in [0.1, 0.15) is 0 Å². The molecule has 0 amide bonds. The predicted molar refractivity (Wildman–Crippen MR) is 64.8 cm³/mol. The first kappa shape index (κ1) is 12.3. The van der Waals surface area contributed by atoms with Crippen LogP contribution in [-0.2, 0) is 11.3 Å². The molecule has 0 heterocycles. The highest BCUT2D eigenvalue weighted by molar-refractivity contribution is 5.13. The van der Waals surface area contributed by atoms with Crippen molar-refractivity contribution in [1.29, 1.82) is 0 Å². The monoisotopic (exact) mass is 206 g/mol. The van der Waals surface area contributed by atoms with Gasteiger partial charge in [-0.05, 0) is 18.4 Å². The lowest BCUT2D eigenvalue weighted by molar-refractivity contribution is 0.0312. The number of hydrogen-bond donors (Lipinski definition) is 0. The largest absolute Gasteiger partial charge is 0.374 e. The molecule has 0 aliphatic carbocycles. The Morgan fingerprint density at radius 3 is 2.47 bits per heavy atom. The third-order valence-corrected chi connectivity index (χ3v) is 2.66. The lowest BCUT2D eigenvalue weighted by atomic mass is 10.1. The van der Waals surface area contributed by atoms with E-state index in [1.54, 1.807) is 0 Å². The molecular formula is C14H22O. The van der Waals surface area contributed by atoms with Gasteiger partial charge in [0.2, 0.25) is 0 Å². The van der Waals surface area contributed by atoms with E-state index >= 15 is 0 Å². The van der Waals surface area contributed by atoms with Crippen molar-refractivity contribution < 1.29 is 4.74 Å². The molecule has 1 aromatic carbocycles. The van der Waals surface area contributed by atoms with Crippen molar-refractivity contribution >= 4 is 0 Å². The van der Waals surface area contributed by atoms with Crippen molar-refractivity contribution in [3.8, 4) is 0 Å². The van der Waals surface area contributed by atoms with E-state index in [0.29, 0.717) is 6.10 Å². The summed E-state index contributed by atoms with van der Waals surface area (Å²) in [5.74, 6) is 0. The molecule has 0 aromatic heterocycles. The van der Waals surface area contributed by atoms with E-state index in [1.165, 1.54) is 24.8 Å². The molecule has 1 atom stereocenters. The number of unbranched alkanes of at least 4 members (excludes halogenated alkanes) is 1. The highest BCUT2D eigenvalue weighted by Crippen LogP contribution is 2.11. The van der Waals surface area contributed by atoms with Gasteiger partial charge in [-0.15, -0.1) is 0 Å². The van der Waals surface area contributed by atoms with Crippen molar-refractivity contribution in [1.82, 2.24) is 0 Å². The van der Waals surface area contributed by atoms with Crippen molar-refractivity contribution in [2.24, 2.45) is 0 Å². The molecule has 0 aliphatic heterocycles. The fraction of sp³-hybridized carbons (Fsp3) is 0.571. The smallest absolute Gasteiger partial charge is 0.0720 e. The fourth-order valence-electron chi connectivity index (χ4n) is 1.63. The summed E-state index contributed by atoms with van der Waals surface area (Å²) in [7, 11) is 0. The summed E-state index contributed by atoms with van der Waals surface area (Å²) in [6, 6.07) is 10.4. The molecule has 1 rings (SSSR count). The zero-order valence-corrected chi connectivity index (χ0v) is 9.91. The molecule has 15 heavy (non-hydrogen) atoms. The van der Waals surface area contributed by atoms with E-state index in [9.17, 15) is 0 Å². The molecular weight excluding hydrogens is 184 g/mol. The lowest BCUT2D eigenvalue weighted by Crippen LogP contribution is -2.11. The first-order chi connectivity index (χ1) is 7.36. The molecule has 0 fully saturated rings. The number of ether oxygens (including phenoxy) is 1. The van der Waals surface area contributed by atoms with Crippen LogP contribution in [-0.4, -0.2) is 6.10 Å². The first-order valence-corrected chi connectivity index (χ1v) is 6.02. The minimum absolute atomic E-state index is 0.435. The normalized spacial score (nSPS) is 12.7. The zero-order chi connectivity index (χ0) is 10.9. The molecule has 84 valence electrons. The number of benzene rings is 1. The van der Waals surface area contributed by atoms with E-state index in [-0.39, 0.29) is 0 Å². The summed E-state index contributed by atoms with van der Waals surface area (Å²) in [6.07, 6.45) is 5.27. The first-order valence-electron chi connectivity index (χ1n) is 6.02. The maximum Gasteiger partial charge on any atom is 0.0720 e. The summed E-state index contributed by atoms with van der Waals surface area (Å²) < 4.78 is 5.88. The second-order valence-electron chi connectivity index (χ2n) is 3.97. The van der Waals surface area contributed by atoms with E-state index < -0.39 is 0 Å². The molecule has 0 saturated carbocycles. The van der Waals surface area contributed by atoms with Gasteiger partial charge in [0.05, 0.1) is 12.7 Å². The van der Waals surface area contributed by atoms with Gasteiger partial charge in [-0.25, -0.2) is 0 Å². The Morgan fingerprint density at radius 1 is 1.13 bits per heavy atom. The van der Waals surface area contributed by atoms with Crippen LogP contribution in [0.15, 0.2) is 30.3 Å². The Morgan fingerprint density at radius 2 is 1.87 bits per heavy atom. The van der Waals surface area contributed by atoms with Crippen LogP contribution in [0.5, 0.6) is 0 Å². The van der Waals surface area contributed by atoms with E-state index in [0.717, 1.165) is 13.0 Å². The molecule has 0 bridgehead atoms. The molecule has 1 aromatic rings. The van der Waals surface area contributed by atoms with Crippen molar-refractivity contribution in [2.75, 3.05) is 0 Å². The van der Waals surface area contributed by atoms with Gasteiger partial charge in [-0.1, -0.05) is 57.0 Å². The van der Waals surface area contributed by atoms with Gasteiger partial charge in [0.15, 0.2) is 0 Å². The Hall–Kier alpha value is -0.820. The van der Waals surface area contributed by atoms with Crippen LogP contribution in [0.2, 0.25) is 0 Å². The minimum Gasteiger partial charge on any atom is -0.374 e. The highest BCUT2D eigenvalue weighted by Gasteiger charge is 2.05. The molecule has 0 N–H and O–H groups in total. The van der Waals surface area contributed by atoms with E-state index in [1.807, 2.05) is 6.07 Å². The summed E-state index contributed by atoms with van der Waals surface area (Å²) in [6.45, 7) is 5.18. The van der Waals surface area contributed by atoms with Gasteiger partial charge < -0.3 is 4.74 Å². The van der Waals surface area contributed by atoms with Crippen LogP contribution >= 0.6 is 0 Å². The standard InChI is InChI=1S/C14H22O/c1-3-5-11-14(4-2)15-12-13-9-7-6-8-10-13/h6-10,14H,3-5,11-12H2,1-2H3. The van der Waals surface area contributed by atoms with Gasteiger partial charge >= 0.3 is 0 Å². The molecule has 0 aliphatic rings. The summed E-state index contributed by atoms with van der Waals surface area (Å²) >= 11 is 0. The van der Waals surface area contributed by atoms with Crippen LogP contribution in [0.4, 0.5) is 0 Å². The summed E-state index contributed by atoms with van der Waals surface area (Å²) in [5, 5.41) is 0. The average Bonchev–Trinajstić information content (AvgIpc) is 2.31. The predicted octanol–water partition coefficient (Wildman–Crippen LogP) is 4.17. The average molecular weight is 206 g/mol. The Kier molecular flexibility index (Phi) is 6.10. The molecule has 0 radical (unpaired) electrons. The van der Waals surface area contributed by atoms with E-state index in [4.69, 9.17) is 4.74 Å². The van der Waals surface area contributed by atoms with Crippen LogP contribution < -0.4 is 0 Å². The molecule has 0 saturated heterocycles. The summed E-state index contributed by atoms with van der Waals surface area (Å²) in [4.78, 5) is 0. The Balaban J connectivity index is 2.28. The maximum atomic E-state index is 5.88. The Labute approximate surface area is 93.5 Å². The van der Waals surface area contributed by atoms with Crippen molar-refractivity contribution in [3.63, 3.8) is 0 Å². The van der Waals surface area contributed by atoms with Crippen molar-refractivity contribution in [2.45, 2.75) is 52.2 Å². The van der Waals surface area contributed by atoms with Gasteiger partial charge in [0, 0.05) is 0 Å². The lowest BCUT2D eigenvalue weighted by Gasteiger charge is -2.15. The van der Waals surface area contributed by atoms with Gasteiger partial charge in [0.25, 0.3) is 0 Å². The van der Waals surface area contributed by atoms with E-state index in [2.05, 4.69) is 38.1 Å². The molecule has 1 unspecified atom stereocenters. The molecule has 1 heteroatoms. The zero-order valence-electron chi connectivity index (χ0n) is 9.91. The highest BCUT2D eigenvalue weighted by atomic mass is 16.5. The van der Waals surface area contributed by atoms with Crippen LogP contribution in [0.3, 0.4) is 0 Å². The third-order valence-electron chi connectivity index (χ3n) is 2.66. The van der Waals surface area contributed by atoms with Crippen LogP contribution in [0.25, 0.3) is 0 Å². The SMILES string of the molecule is CCCCC(CC)OCc1ccccc1. The fourth-order valence-corrected chi connectivity index (χ4v) is 1.63. The summed E-state index contributed by atoms with van der Waals surface area (Å²) in [5.41, 5.74) is 1.27. The third kappa shape index (κ3) is 4.98. The molecule has 1 nitrogen and oxygen atoms in total. The molecule has 0 spiro atoms. The number of hydrogen-bond acceptors (Lipinski definition) is 1. The van der Waals surface area contributed by atoms with Crippen LogP contribution in [0.1, 0.15) is 45.1 Å². The van der Waals surface area contributed by atoms with Crippen LogP contribution in [0, 0.1) is 0 Å². The maximum absolute atomic E-state index is 5.88. The topological polar surface area (TPSA) is 9.23 Å². The van der Waals surface area contributed by atoms with Crippen molar-refractivity contribution in [3.05, 3.63) is 35.9 Å². The van der Waals surface area contributed by atoms with Gasteiger partial charge in [-0.3, -0.25) is 0 Å².